The molecular formula is C62H54N8O8. The van der Waals surface area contributed by atoms with E-state index in [0.29, 0.717) is 81.8 Å². The molecule has 0 spiro atoms. The summed E-state index contributed by atoms with van der Waals surface area (Å²) in [6.07, 6.45) is 0.896. The van der Waals surface area contributed by atoms with Crippen LogP contribution >= 0.6 is 0 Å². The molecule has 4 amide bonds. The first-order chi connectivity index (χ1) is 37.9. The predicted octanol–water partition coefficient (Wildman–Crippen LogP) is 15.2. The van der Waals surface area contributed by atoms with Gasteiger partial charge in [-0.1, -0.05) is 98.8 Å². The summed E-state index contributed by atoms with van der Waals surface area (Å²) in [7, 11) is 0. The minimum absolute atomic E-state index is 0.0356. The first kappa shape index (κ1) is 52.6. The largest absolute Gasteiger partial charge is 0.505 e. The summed E-state index contributed by atoms with van der Waals surface area (Å²) in [4.78, 5) is 55.4. The molecule has 0 aliphatic rings. The Balaban J connectivity index is 0.985. The van der Waals surface area contributed by atoms with Crippen LogP contribution < -0.4 is 30.7 Å². The molecule has 9 aromatic rings. The maximum absolute atomic E-state index is 14.3. The molecule has 78 heavy (non-hydrogen) atoms. The maximum atomic E-state index is 14.3. The van der Waals surface area contributed by atoms with Crippen LogP contribution in [0.1, 0.15) is 80.3 Å². The van der Waals surface area contributed by atoms with Crippen LogP contribution in [0.4, 0.5) is 45.5 Å². The molecule has 16 nitrogen and oxygen atoms in total. The normalized spacial score (nSPS) is 11.2. The number of ether oxygens (including phenoxy) is 2. The monoisotopic (exact) mass is 1040 g/mol. The van der Waals surface area contributed by atoms with Crippen molar-refractivity contribution < 1.29 is 38.9 Å². The number of para-hydroxylation sites is 2. The number of carbonyl (C=O) groups is 4. The number of hydrogen-bond donors (Lipinski definition) is 6. The average molecular weight is 1040 g/mol. The smallest absolute Gasteiger partial charge is 0.259 e. The van der Waals surface area contributed by atoms with E-state index >= 15 is 0 Å². The Morgan fingerprint density at radius 3 is 1.19 bits per heavy atom. The highest BCUT2D eigenvalue weighted by Gasteiger charge is 2.24. The Morgan fingerprint density at radius 1 is 0.423 bits per heavy atom. The molecule has 0 aliphatic heterocycles. The second kappa shape index (κ2) is 24.0. The summed E-state index contributed by atoms with van der Waals surface area (Å²) in [6.45, 7) is 8.16. The quantitative estimate of drug-likeness (QED) is 0.0452. The van der Waals surface area contributed by atoms with Crippen LogP contribution in [0, 0.1) is 0 Å². The van der Waals surface area contributed by atoms with Gasteiger partial charge in [-0.25, -0.2) is 0 Å². The number of nitrogens with one attached hydrogen (secondary N) is 4. The maximum Gasteiger partial charge on any atom is 0.259 e. The first-order valence-electron chi connectivity index (χ1n) is 25.3. The Kier molecular flexibility index (Phi) is 16.2. The van der Waals surface area contributed by atoms with Crippen molar-refractivity contribution in [2.24, 2.45) is 20.5 Å². The Morgan fingerprint density at radius 2 is 0.808 bits per heavy atom. The second-order valence-electron chi connectivity index (χ2n) is 17.8. The highest BCUT2D eigenvalue weighted by Crippen LogP contribution is 2.43. The average Bonchev–Trinajstić information content (AvgIpc) is 3.52. The molecule has 0 heterocycles. The van der Waals surface area contributed by atoms with Crippen LogP contribution in [-0.2, 0) is 12.8 Å². The van der Waals surface area contributed by atoms with Crippen molar-refractivity contribution in [1.29, 1.82) is 0 Å². The van der Waals surface area contributed by atoms with Crippen molar-refractivity contribution in [3.8, 4) is 23.0 Å². The summed E-state index contributed by atoms with van der Waals surface area (Å²) < 4.78 is 11.5. The van der Waals surface area contributed by atoms with Crippen LogP contribution in [0.25, 0.3) is 21.5 Å². The lowest BCUT2D eigenvalue weighted by Gasteiger charge is -2.19. The molecule has 9 aromatic carbocycles. The van der Waals surface area contributed by atoms with Gasteiger partial charge in [0, 0.05) is 56.8 Å². The number of benzene rings is 9. The van der Waals surface area contributed by atoms with E-state index in [9.17, 15) is 29.4 Å². The topological polar surface area (TPSA) is 225 Å². The molecule has 0 bridgehead atoms. The van der Waals surface area contributed by atoms with Crippen LogP contribution in [0.5, 0.6) is 23.0 Å². The molecule has 0 aliphatic carbocycles. The number of fused-ring (bicyclic) bond motifs is 2. The minimum Gasteiger partial charge on any atom is -0.505 e. The Hall–Kier alpha value is -10.2. The highest BCUT2D eigenvalue weighted by atomic mass is 16.5. The number of hydrogen-bond acceptors (Lipinski definition) is 12. The summed E-state index contributed by atoms with van der Waals surface area (Å²) >= 11 is 0. The molecular weight excluding hydrogens is 985 g/mol. The van der Waals surface area contributed by atoms with E-state index in [1.54, 1.807) is 133 Å². The standard InChI is InChI=1S/C62H54N8O8/c1-5-47-48(6-2)54(66-62(76)52-34-38-20-16-18-26-50(38)56(58(52)72)70-68-44-30-40(32-46(36-44)78-8-4)60(74)64-42-23-13-10-14-24-42)28-27-53(47)65-61(75)51-33-37-19-15-17-25-49(37)55(57(51)71)69-67-43-29-39(31-45(35-43)77-7-3)59(73)63-41-21-11-9-12-22-41/h9-36,71-72H,5-8H2,1-4H3,(H,63,73)(H,64,74)(H,65,75)(H,66,76). The SMILES string of the molecule is CCOc1cc(N=Nc2c(O)c(C(=O)Nc3ccc(NC(=O)c4cc5ccccc5c(N=Nc5cc(OCC)cc(C(=O)Nc6ccccc6)c5)c4O)c(CC)c3CC)cc3ccccc23)cc(C(=O)Nc2ccccc2)c1. The van der Waals surface area contributed by atoms with E-state index in [4.69, 9.17) is 9.47 Å². The van der Waals surface area contributed by atoms with Gasteiger partial charge in [-0.2, -0.15) is 10.2 Å². The molecule has 0 saturated carbocycles. The lowest BCUT2D eigenvalue weighted by Crippen LogP contribution is -2.17. The van der Waals surface area contributed by atoms with E-state index in [0.717, 1.165) is 11.1 Å². The second-order valence-corrected chi connectivity index (χ2v) is 17.8. The molecule has 9 rings (SSSR count). The van der Waals surface area contributed by atoms with Gasteiger partial charge in [0.15, 0.2) is 11.5 Å². The van der Waals surface area contributed by atoms with Crippen molar-refractivity contribution in [3.63, 3.8) is 0 Å². The van der Waals surface area contributed by atoms with Crippen LogP contribution in [0.2, 0.25) is 0 Å². The number of amides is 4. The number of phenols is 2. The van der Waals surface area contributed by atoms with E-state index in [2.05, 4.69) is 41.7 Å². The van der Waals surface area contributed by atoms with Gasteiger partial charge in [0.1, 0.15) is 22.9 Å². The number of azo groups is 2. The fourth-order valence-electron chi connectivity index (χ4n) is 9.01. The Labute approximate surface area is 449 Å². The van der Waals surface area contributed by atoms with Gasteiger partial charge in [-0.3, -0.25) is 19.2 Å². The third-order valence-electron chi connectivity index (χ3n) is 12.6. The zero-order chi connectivity index (χ0) is 54.7. The van der Waals surface area contributed by atoms with Crippen molar-refractivity contribution in [1.82, 2.24) is 0 Å². The lowest BCUT2D eigenvalue weighted by molar-refractivity contribution is 0.101. The molecule has 0 radical (unpaired) electrons. The molecule has 0 atom stereocenters. The molecule has 0 saturated heterocycles. The summed E-state index contributed by atoms with van der Waals surface area (Å²) in [5.74, 6) is -2.08. The molecule has 16 heteroatoms. The van der Waals surface area contributed by atoms with Crippen molar-refractivity contribution >= 4 is 90.7 Å². The predicted molar refractivity (Wildman–Crippen MR) is 305 cm³/mol. The molecule has 6 N–H and O–H groups in total. The number of phenolic OH excluding ortho intramolecular Hbond substituents is 2. The van der Waals surface area contributed by atoms with Crippen LogP contribution in [0.3, 0.4) is 0 Å². The zero-order valence-corrected chi connectivity index (χ0v) is 43.1. The van der Waals surface area contributed by atoms with E-state index in [1.807, 2.05) is 64.1 Å². The molecule has 0 aromatic heterocycles. The van der Waals surface area contributed by atoms with Crippen molar-refractivity contribution in [2.45, 2.75) is 40.5 Å². The fourth-order valence-corrected chi connectivity index (χ4v) is 9.01. The van der Waals surface area contributed by atoms with Crippen molar-refractivity contribution in [3.05, 3.63) is 203 Å². The minimum atomic E-state index is -0.625. The summed E-state index contributed by atoms with van der Waals surface area (Å²) in [5.41, 5.74) is 4.60. The lowest BCUT2D eigenvalue weighted by atomic mass is 9.97. The number of rotatable bonds is 18. The van der Waals surface area contributed by atoms with E-state index < -0.39 is 23.3 Å². The number of nitrogens with zero attached hydrogens (tertiary/aromatic N) is 4. The number of anilines is 4. The van der Waals surface area contributed by atoms with Gasteiger partial charge in [0.05, 0.1) is 35.7 Å². The van der Waals surface area contributed by atoms with Gasteiger partial charge in [0.2, 0.25) is 0 Å². The molecule has 0 unspecified atom stereocenters. The molecule has 390 valence electrons. The third kappa shape index (κ3) is 11.8. The first-order valence-corrected chi connectivity index (χ1v) is 25.3. The van der Waals surface area contributed by atoms with Gasteiger partial charge in [-0.15, -0.1) is 10.2 Å². The van der Waals surface area contributed by atoms with Crippen molar-refractivity contribution in [2.75, 3.05) is 34.5 Å². The van der Waals surface area contributed by atoms with Gasteiger partial charge < -0.3 is 41.0 Å². The van der Waals surface area contributed by atoms with Gasteiger partial charge in [0.25, 0.3) is 23.6 Å². The van der Waals surface area contributed by atoms with E-state index in [1.165, 1.54) is 0 Å². The van der Waals surface area contributed by atoms with Gasteiger partial charge in [-0.05, 0) is 121 Å². The zero-order valence-electron chi connectivity index (χ0n) is 43.1. The summed E-state index contributed by atoms with van der Waals surface area (Å²) in [6, 6.07) is 48.4. The van der Waals surface area contributed by atoms with Crippen LogP contribution in [-0.4, -0.2) is 47.1 Å². The Bertz CT molecular complexity index is 3560. The number of carbonyl (C=O) groups excluding carboxylic acids is 4. The van der Waals surface area contributed by atoms with E-state index in [-0.39, 0.29) is 56.8 Å². The third-order valence-corrected chi connectivity index (χ3v) is 12.6. The fraction of sp³-hybridized carbons (Fsp3) is 0.129. The highest BCUT2D eigenvalue weighted by molar-refractivity contribution is 6.14. The molecule has 0 fully saturated rings. The summed E-state index contributed by atoms with van der Waals surface area (Å²) in [5, 5.41) is 55.5. The number of aromatic hydroxyl groups is 2. The van der Waals surface area contributed by atoms with Crippen LogP contribution in [0.15, 0.2) is 190 Å². The van der Waals surface area contributed by atoms with Gasteiger partial charge >= 0.3 is 0 Å².